The number of rotatable bonds is 10. The third kappa shape index (κ3) is 6.40. The number of likely N-dealkylation sites (N-methyl/N-ethyl adjacent to an activating group) is 1. The Hall–Kier alpha value is -1.06. The molecule has 0 bridgehead atoms. The zero-order chi connectivity index (χ0) is 14.8. The van der Waals surface area contributed by atoms with Crippen LogP contribution < -0.4 is 10.1 Å². The predicted molar refractivity (Wildman–Crippen MR) is 86.3 cm³/mol. The molecule has 1 aromatic rings. The van der Waals surface area contributed by atoms with E-state index in [1.165, 1.54) is 18.5 Å². The Kier molecular flexibility index (Phi) is 8.31. The zero-order valence-corrected chi connectivity index (χ0v) is 13.5. The van der Waals surface area contributed by atoms with Gasteiger partial charge in [-0.15, -0.1) is 0 Å². The van der Waals surface area contributed by atoms with E-state index in [1.54, 1.807) is 0 Å². The highest BCUT2D eigenvalue weighted by atomic mass is 16.5. The van der Waals surface area contributed by atoms with Gasteiger partial charge in [-0.3, -0.25) is 0 Å². The van der Waals surface area contributed by atoms with Crippen molar-refractivity contribution in [1.29, 1.82) is 0 Å². The number of nitrogens with one attached hydrogen (secondary N) is 1. The van der Waals surface area contributed by atoms with E-state index in [0.29, 0.717) is 0 Å². The maximum Gasteiger partial charge on any atom is 0.124 e. The lowest BCUT2D eigenvalue weighted by Gasteiger charge is -2.20. The van der Waals surface area contributed by atoms with Crippen LogP contribution >= 0.6 is 0 Å². The predicted octanol–water partition coefficient (Wildman–Crippen LogP) is 3.30. The standard InChI is InChI=1S/C17H30N2O/c1-5-12-19(6-2)13-11-18-14-16-9-7-8-10-17(16)20-15(3)4/h7-10,15,18H,5-6,11-14H2,1-4H3. The van der Waals surface area contributed by atoms with Crippen molar-refractivity contribution in [3.05, 3.63) is 29.8 Å². The number of hydrogen-bond donors (Lipinski definition) is 1. The molecule has 0 amide bonds. The molecule has 0 saturated carbocycles. The van der Waals surface area contributed by atoms with Crippen molar-refractivity contribution >= 4 is 0 Å². The van der Waals surface area contributed by atoms with Gasteiger partial charge < -0.3 is 15.0 Å². The van der Waals surface area contributed by atoms with Gasteiger partial charge in [0.1, 0.15) is 5.75 Å². The van der Waals surface area contributed by atoms with E-state index in [9.17, 15) is 0 Å². The van der Waals surface area contributed by atoms with Crippen LogP contribution in [-0.2, 0) is 6.54 Å². The molecule has 114 valence electrons. The Morgan fingerprint density at radius 3 is 2.55 bits per heavy atom. The van der Waals surface area contributed by atoms with Crippen molar-refractivity contribution in [2.75, 3.05) is 26.2 Å². The summed E-state index contributed by atoms with van der Waals surface area (Å²) in [4.78, 5) is 2.48. The second-order valence-corrected chi connectivity index (χ2v) is 5.39. The van der Waals surface area contributed by atoms with E-state index in [4.69, 9.17) is 4.74 Å². The molecule has 20 heavy (non-hydrogen) atoms. The van der Waals surface area contributed by atoms with Crippen LogP contribution in [0.25, 0.3) is 0 Å². The molecule has 0 aliphatic rings. The van der Waals surface area contributed by atoms with Gasteiger partial charge in [0.05, 0.1) is 6.10 Å². The molecule has 0 aliphatic heterocycles. The fraction of sp³-hybridized carbons (Fsp3) is 0.647. The normalized spacial score (nSPS) is 11.3. The summed E-state index contributed by atoms with van der Waals surface area (Å²) in [6.07, 6.45) is 1.44. The fourth-order valence-electron chi connectivity index (χ4n) is 2.22. The van der Waals surface area contributed by atoms with E-state index in [0.717, 1.165) is 31.9 Å². The van der Waals surface area contributed by atoms with Crippen molar-refractivity contribution in [2.24, 2.45) is 0 Å². The molecular weight excluding hydrogens is 248 g/mol. The van der Waals surface area contributed by atoms with Gasteiger partial charge in [0, 0.05) is 25.2 Å². The summed E-state index contributed by atoms with van der Waals surface area (Å²) in [5, 5.41) is 3.52. The number of benzene rings is 1. The third-order valence-electron chi connectivity index (χ3n) is 3.24. The fourth-order valence-corrected chi connectivity index (χ4v) is 2.22. The first kappa shape index (κ1) is 17.0. The Labute approximate surface area is 124 Å². The summed E-state index contributed by atoms with van der Waals surface area (Å²) < 4.78 is 5.83. The lowest BCUT2D eigenvalue weighted by atomic mass is 10.2. The minimum atomic E-state index is 0.219. The van der Waals surface area contributed by atoms with Crippen LogP contribution in [0.15, 0.2) is 24.3 Å². The van der Waals surface area contributed by atoms with Gasteiger partial charge in [-0.2, -0.15) is 0 Å². The molecule has 0 aromatic heterocycles. The van der Waals surface area contributed by atoms with Crippen LogP contribution in [0.4, 0.5) is 0 Å². The van der Waals surface area contributed by atoms with Crippen molar-refractivity contribution in [1.82, 2.24) is 10.2 Å². The van der Waals surface area contributed by atoms with Crippen LogP contribution in [0.5, 0.6) is 5.75 Å². The summed E-state index contributed by atoms with van der Waals surface area (Å²) in [5.74, 6) is 0.996. The molecule has 0 saturated heterocycles. The Bertz CT molecular complexity index is 366. The molecule has 3 nitrogen and oxygen atoms in total. The van der Waals surface area contributed by atoms with Crippen LogP contribution in [0.1, 0.15) is 39.7 Å². The second-order valence-electron chi connectivity index (χ2n) is 5.39. The maximum atomic E-state index is 5.83. The third-order valence-corrected chi connectivity index (χ3v) is 3.24. The average Bonchev–Trinajstić information content (AvgIpc) is 2.43. The van der Waals surface area contributed by atoms with Gasteiger partial charge in [0.2, 0.25) is 0 Å². The molecule has 0 atom stereocenters. The summed E-state index contributed by atoms with van der Waals surface area (Å²) in [7, 11) is 0. The molecular formula is C17H30N2O. The largest absolute Gasteiger partial charge is 0.491 e. The molecule has 0 unspecified atom stereocenters. The summed E-state index contributed by atoms with van der Waals surface area (Å²) in [6.45, 7) is 13.9. The van der Waals surface area contributed by atoms with Crippen molar-refractivity contribution in [3.63, 3.8) is 0 Å². The van der Waals surface area contributed by atoms with Crippen LogP contribution in [-0.4, -0.2) is 37.2 Å². The molecule has 0 heterocycles. The topological polar surface area (TPSA) is 24.5 Å². The molecule has 1 rings (SSSR count). The highest BCUT2D eigenvalue weighted by molar-refractivity contribution is 5.33. The highest BCUT2D eigenvalue weighted by Gasteiger charge is 2.05. The Morgan fingerprint density at radius 2 is 1.90 bits per heavy atom. The Morgan fingerprint density at radius 1 is 1.15 bits per heavy atom. The van der Waals surface area contributed by atoms with Crippen LogP contribution in [0, 0.1) is 0 Å². The molecule has 1 aromatic carbocycles. The Balaban J connectivity index is 2.38. The second kappa shape index (κ2) is 9.78. The maximum absolute atomic E-state index is 5.83. The molecule has 0 fully saturated rings. The highest BCUT2D eigenvalue weighted by Crippen LogP contribution is 2.18. The monoisotopic (exact) mass is 278 g/mol. The van der Waals surface area contributed by atoms with Gasteiger partial charge in [-0.1, -0.05) is 32.0 Å². The van der Waals surface area contributed by atoms with Gasteiger partial charge in [-0.05, 0) is 39.4 Å². The number of para-hydroxylation sites is 1. The molecule has 0 radical (unpaired) electrons. The van der Waals surface area contributed by atoms with Crippen molar-refractivity contribution in [3.8, 4) is 5.75 Å². The van der Waals surface area contributed by atoms with E-state index in [-0.39, 0.29) is 6.10 Å². The van der Waals surface area contributed by atoms with Crippen LogP contribution in [0.2, 0.25) is 0 Å². The average molecular weight is 278 g/mol. The summed E-state index contributed by atoms with van der Waals surface area (Å²) in [5.41, 5.74) is 1.24. The quantitative estimate of drug-likeness (QED) is 0.665. The van der Waals surface area contributed by atoms with E-state index < -0.39 is 0 Å². The lowest BCUT2D eigenvalue weighted by molar-refractivity contribution is 0.239. The minimum absolute atomic E-state index is 0.219. The van der Waals surface area contributed by atoms with E-state index >= 15 is 0 Å². The molecule has 0 spiro atoms. The number of hydrogen-bond acceptors (Lipinski definition) is 3. The first-order chi connectivity index (χ1) is 9.67. The van der Waals surface area contributed by atoms with Gasteiger partial charge >= 0.3 is 0 Å². The molecule has 3 heteroatoms. The molecule has 0 aliphatic carbocycles. The number of nitrogens with zero attached hydrogens (tertiary/aromatic N) is 1. The van der Waals surface area contributed by atoms with Crippen LogP contribution in [0.3, 0.4) is 0 Å². The SMILES string of the molecule is CCCN(CC)CCNCc1ccccc1OC(C)C. The van der Waals surface area contributed by atoms with E-state index in [1.807, 2.05) is 12.1 Å². The number of ether oxygens (including phenoxy) is 1. The minimum Gasteiger partial charge on any atom is -0.491 e. The first-order valence-electron chi connectivity index (χ1n) is 7.85. The summed E-state index contributed by atoms with van der Waals surface area (Å²) in [6, 6.07) is 8.28. The van der Waals surface area contributed by atoms with Gasteiger partial charge in [0.15, 0.2) is 0 Å². The molecule has 1 N–H and O–H groups in total. The van der Waals surface area contributed by atoms with Crippen molar-refractivity contribution < 1.29 is 4.74 Å². The first-order valence-corrected chi connectivity index (χ1v) is 7.85. The zero-order valence-electron chi connectivity index (χ0n) is 13.5. The van der Waals surface area contributed by atoms with Gasteiger partial charge in [-0.25, -0.2) is 0 Å². The van der Waals surface area contributed by atoms with E-state index in [2.05, 4.69) is 50.0 Å². The lowest BCUT2D eigenvalue weighted by Crippen LogP contribution is -2.32. The summed E-state index contributed by atoms with van der Waals surface area (Å²) >= 11 is 0. The van der Waals surface area contributed by atoms with Gasteiger partial charge in [0.25, 0.3) is 0 Å². The smallest absolute Gasteiger partial charge is 0.124 e. The van der Waals surface area contributed by atoms with Crippen molar-refractivity contribution in [2.45, 2.75) is 46.8 Å².